The summed E-state index contributed by atoms with van der Waals surface area (Å²) < 4.78 is 5.73. The van der Waals surface area contributed by atoms with Crippen LogP contribution in [0.3, 0.4) is 0 Å². The molecule has 2 N–H and O–H groups in total. The van der Waals surface area contributed by atoms with Crippen LogP contribution in [-0.4, -0.2) is 15.9 Å². The maximum Gasteiger partial charge on any atom is 0.287 e. The maximum absolute atomic E-state index is 12.4. The Labute approximate surface area is 167 Å². The summed E-state index contributed by atoms with van der Waals surface area (Å²) in [5.74, 6) is 2.24. The standard InChI is InChI=1S/C22H21N3O2S/c1-14-6-5-7-15(2)21(14)28-13-16-10-11-19(27-16)22(26)23-12-20-24-17-8-3-4-9-18(17)25-20/h3-11H,12-13H2,1-2H3,(H,23,26)(H,24,25). The number of benzene rings is 2. The second kappa shape index (κ2) is 7.94. The minimum absolute atomic E-state index is 0.247. The third-order valence-electron chi connectivity index (χ3n) is 4.51. The number of nitrogens with one attached hydrogen (secondary N) is 2. The van der Waals surface area contributed by atoms with E-state index < -0.39 is 0 Å². The van der Waals surface area contributed by atoms with Crippen LogP contribution in [0.1, 0.15) is 33.3 Å². The molecule has 0 bridgehead atoms. The van der Waals surface area contributed by atoms with Gasteiger partial charge < -0.3 is 14.7 Å². The molecule has 0 atom stereocenters. The van der Waals surface area contributed by atoms with Gasteiger partial charge in [-0.15, -0.1) is 11.8 Å². The van der Waals surface area contributed by atoms with Gasteiger partial charge in [0.15, 0.2) is 5.76 Å². The first-order chi connectivity index (χ1) is 13.6. The van der Waals surface area contributed by atoms with Crippen molar-refractivity contribution in [2.45, 2.75) is 31.0 Å². The molecule has 0 radical (unpaired) electrons. The smallest absolute Gasteiger partial charge is 0.287 e. The molecule has 28 heavy (non-hydrogen) atoms. The first-order valence-corrected chi connectivity index (χ1v) is 10.1. The number of hydrogen-bond acceptors (Lipinski definition) is 4. The van der Waals surface area contributed by atoms with E-state index in [-0.39, 0.29) is 5.91 Å². The lowest BCUT2D eigenvalue weighted by molar-refractivity contribution is 0.0921. The Bertz CT molecular complexity index is 1080. The quantitative estimate of drug-likeness (QED) is 0.454. The molecule has 0 saturated carbocycles. The van der Waals surface area contributed by atoms with Crippen molar-refractivity contribution in [3.05, 3.63) is 83.1 Å². The number of carbonyl (C=O) groups excluding carboxylic acids is 1. The summed E-state index contributed by atoms with van der Waals surface area (Å²) in [6, 6.07) is 17.6. The lowest BCUT2D eigenvalue weighted by Gasteiger charge is -2.07. The van der Waals surface area contributed by atoms with Crippen molar-refractivity contribution in [2.75, 3.05) is 0 Å². The summed E-state index contributed by atoms with van der Waals surface area (Å²) in [5.41, 5.74) is 4.34. The van der Waals surface area contributed by atoms with Gasteiger partial charge >= 0.3 is 0 Å². The van der Waals surface area contributed by atoms with Crippen LogP contribution in [0.4, 0.5) is 0 Å². The van der Waals surface area contributed by atoms with Gasteiger partial charge in [-0.1, -0.05) is 30.3 Å². The van der Waals surface area contributed by atoms with E-state index in [1.54, 1.807) is 17.8 Å². The number of H-pyrrole nitrogens is 1. The van der Waals surface area contributed by atoms with E-state index in [2.05, 4.69) is 47.3 Å². The molecule has 4 rings (SSSR count). The van der Waals surface area contributed by atoms with Gasteiger partial charge in [0, 0.05) is 4.90 Å². The second-order valence-corrected chi connectivity index (χ2v) is 7.64. The third-order valence-corrected chi connectivity index (χ3v) is 5.87. The van der Waals surface area contributed by atoms with Crippen molar-refractivity contribution in [3.63, 3.8) is 0 Å². The molecule has 6 heteroatoms. The second-order valence-electron chi connectivity index (χ2n) is 6.66. The van der Waals surface area contributed by atoms with Gasteiger partial charge in [-0.05, 0) is 49.2 Å². The molecular weight excluding hydrogens is 370 g/mol. The van der Waals surface area contributed by atoms with Crippen LogP contribution >= 0.6 is 11.8 Å². The number of aromatic amines is 1. The molecule has 0 unspecified atom stereocenters. The fraction of sp³-hybridized carbons (Fsp3) is 0.182. The van der Waals surface area contributed by atoms with Crippen LogP contribution in [0.2, 0.25) is 0 Å². The maximum atomic E-state index is 12.4. The number of para-hydroxylation sites is 2. The Kier molecular flexibility index (Phi) is 5.21. The van der Waals surface area contributed by atoms with Gasteiger partial charge in [-0.25, -0.2) is 4.98 Å². The first-order valence-electron chi connectivity index (χ1n) is 9.10. The molecule has 0 aliphatic carbocycles. The fourth-order valence-corrected chi connectivity index (χ4v) is 4.12. The number of fused-ring (bicyclic) bond motifs is 1. The molecule has 0 spiro atoms. The molecule has 0 saturated heterocycles. The van der Waals surface area contributed by atoms with Crippen molar-refractivity contribution in [1.82, 2.24) is 15.3 Å². The molecule has 142 valence electrons. The minimum atomic E-state index is -0.247. The van der Waals surface area contributed by atoms with Crippen LogP contribution in [0.5, 0.6) is 0 Å². The fourth-order valence-electron chi connectivity index (χ4n) is 3.09. The lowest BCUT2D eigenvalue weighted by Crippen LogP contribution is -2.22. The van der Waals surface area contributed by atoms with E-state index in [0.29, 0.717) is 23.9 Å². The Morgan fingerprint density at radius 2 is 1.86 bits per heavy atom. The SMILES string of the molecule is Cc1cccc(C)c1SCc1ccc(C(=O)NCc2nc3ccccc3[nH]2)o1. The number of rotatable bonds is 6. The van der Waals surface area contributed by atoms with Gasteiger partial charge in [0.2, 0.25) is 0 Å². The summed E-state index contributed by atoms with van der Waals surface area (Å²) >= 11 is 1.72. The zero-order chi connectivity index (χ0) is 19.5. The number of imidazole rings is 1. The topological polar surface area (TPSA) is 70.9 Å². The average molecular weight is 391 g/mol. The Morgan fingerprint density at radius 3 is 2.64 bits per heavy atom. The van der Waals surface area contributed by atoms with Gasteiger partial charge in [-0.2, -0.15) is 0 Å². The van der Waals surface area contributed by atoms with Crippen molar-refractivity contribution in [2.24, 2.45) is 0 Å². The van der Waals surface area contributed by atoms with E-state index in [4.69, 9.17) is 4.42 Å². The molecular formula is C22H21N3O2S. The summed E-state index contributed by atoms with van der Waals surface area (Å²) in [6.45, 7) is 4.53. The lowest BCUT2D eigenvalue weighted by atomic mass is 10.2. The normalized spacial score (nSPS) is 11.1. The molecule has 4 aromatic rings. The van der Waals surface area contributed by atoms with Crippen LogP contribution in [0, 0.1) is 13.8 Å². The highest BCUT2D eigenvalue weighted by molar-refractivity contribution is 7.98. The molecule has 5 nitrogen and oxygen atoms in total. The molecule has 1 amide bonds. The molecule has 2 aromatic heterocycles. The third kappa shape index (κ3) is 3.97. The van der Waals surface area contributed by atoms with E-state index in [0.717, 1.165) is 16.8 Å². The highest BCUT2D eigenvalue weighted by Gasteiger charge is 2.13. The van der Waals surface area contributed by atoms with Crippen LogP contribution in [0.25, 0.3) is 11.0 Å². The highest BCUT2D eigenvalue weighted by atomic mass is 32.2. The molecule has 0 fully saturated rings. The number of carbonyl (C=O) groups is 1. The van der Waals surface area contributed by atoms with Gasteiger partial charge in [-0.3, -0.25) is 4.79 Å². The van der Waals surface area contributed by atoms with E-state index in [1.807, 2.05) is 30.3 Å². The minimum Gasteiger partial charge on any atom is -0.455 e. The summed E-state index contributed by atoms with van der Waals surface area (Å²) in [7, 11) is 0. The van der Waals surface area contributed by atoms with Crippen LogP contribution < -0.4 is 5.32 Å². The summed E-state index contributed by atoms with van der Waals surface area (Å²) in [6.07, 6.45) is 0. The number of aromatic nitrogens is 2. The van der Waals surface area contributed by atoms with Crippen LogP contribution in [0.15, 0.2) is 63.9 Å². The molecule has 0 aliphatic heterocycles. The number of hydrogen-bond donors (Lipinski definition) is 2. The first kappa shape index (κ1) is 18.4. The van der Waals surface area contributed by atoms with Crippen molar-refractivity contribution >= 4 is 28.7 Å². The zero-order valence-electron chi connectivity index (χ0n) is 15.8. The van der Waals surface area contributed by atoms with Crippen molar-refractivity contribution in [1.29, 1.82) is 0 Å². The Morgan fingerprint density at radius 1 is 1.07 bits per heavy atom. The van der Waals surface area contributed by atoms with E-state index in [9.17, 15) is 4.79 Å². The average Bonchev–Trinajstić information content (AvgIpc) is 3.32. The zero-order valence-corrected chi connectivity index (χ0v) is 16.6. The number of thioether (sulfide) groups is 1. The van der Waals surface area contributed by atoms with Crippen molar-refractivity contribution < 1.29 is 9.21 Å². The highest BCUT2D eigenvalue weighted by Crippen LogP contribution is 2.29. The number of furan rings is 1. The molecule has 2 aromatic carbocycles. The molecule has 2 heterocycles. The van der Waals surface area contributed by atoms with E-state index in [1.165, 1.54) is 16.0 Å². The summed E-state index contributed by atoms with van der Waals surface area (Å²) in [5, 5.41) is 2.85. The predicted octanol–water partition coefficient (Wildman–Crippen LogP) is 5.00. The van der Waals surface area contributed by atoms with Gasteiger partial charge in [0.25, 0.3) is 5.91 Å². The number of amides is 1. The number of aryl methyl sites for hydroxylation is 2. The Hall–Kier alpha value is -2.99. The van der Waals surface area contributed by atoms with Gasteiger partial charge in [0.1, 0.15) is 11.6 Å². The largest absolute Gasteiger partial charge is 0.455 e. The molecule has 0 aliphatic rings. The monoisotopic (exact) mass is 391 g/mol. The van der Waals surface area contributed by atoms with E-state index >= 15 is 0 Å². The summed E-state index contributed by atoms with van der Waals surface area (Å²) in [4.78, 5) is 21.3. The number of nitrogens with zero attached hydrogens (tertiary/aromatic N) is 1. The Balaban J connectivity index is 1.36. The van der Waals surface area contributed by atoms with Crippen molar-refractivity contribution in [3.8, 4) is 0 Å². The van der Waals surface area contributed by atoms with Crippen LogP contribution in [-0.2, 0) is 12.3 Å². The van der Waals surface area contributed by atoms with Gasteiger partial charge in [0.05, 0.1) is 23.3 Å². The predicted molar refractivity (Wildman–Crippen MR) is 111 cm³/mol.